The molecule has 0 radical (unpaired) electrons. The number of nitrogens with zero attached hydrogens (tertiary/aromatic N) is 2. The molecule has 0 bridgehead atoms. The van der Waals surface area contributed by atoms with Crippen molar-refractivity contribution in [2.45, 2.75) is 26.3 Å². The second kappa shape index (κ2) is 9.23. The molecule has 1 amide bonds. The van der Waals surface area contributed by atoms with Crippen LogP contribution in [0.3, 0.4) is 0 Å². The van der Waals surface area contributed by atoms with Gasteiger partial charge >= 0.3 is 0 Å². The number of ether oxygens (including phenoxy) is 1. The molecule has 22 heavy (non-hydrogen) atoms. The van der Waals surface area contributed by atoms with Gasteiger partial charge in [0, 0.05) is 19.9 Å². The first-order chi connectivity index (χ1) is 10.5. The van der Waals surface area contributed by atoms with Gasteiger partial charge in [-0.15, -0.1) is 0 Å². The van der Waals surface area contributed by atoms with E-state index >= 15 is 0 Å². The van der Waals surface area contributed by atoms with Crippen LogP contribution in [0.4, 0.5) is 5.82 Å². The Balaban J connectivity index is 2.80. The van der Waals surface area contributed by atoms with E-state index in [0.29, 0.717) is 41.9 Å². The van der Waals surface area contributed by atoms with Gasteiger partial charge in [0.2, 0.25) is 5.91 Å². The molecule has 2 N–H and O–H groups in total. The monoisotopic (exact) mass is 324 g/mol. The zero-order valence-corrected chi connectivity index (χ0v) is 13.8. The van der Waals surface area contributed by atoms with Crippen molar-refractivity contribution in [2.24, 2.45) is 5.92 Å². The van der Waals surface area contributed by atoms with Crippen molar-refractivity contribution in [1.82, 2.24) is 10.3 Å². The van der Waals surface area contributed by atoms with E-state index in [9.17, 15) is 4.79 Å². The maximum atomic E-state index is 12.2. The first kappa shape index (κ1) is 18.2. The quantitative estimate of drug-likeness (QED) is 0.716. The second-order valence-corrected chi connectivity index (χ2v) is 5.68. The molecule has 120 valence electrons. The summed E-state index contributed by atoms with van der Waals surface area (Å²) in [4.78, 5) is 16.3. The number of halogens is 1. The van der Waals surface area contributed by atoms with E-state index in [-0.39, 0.29) is 5.91 Å². The van der Waals surface area contributed by atoms with Gasteiger partial charge in [0.15, 0.2) is 0 Å². The Morgan fingerprint density at radius 2 is 2.27 bits per heavy atom. The standard InChI is InChI=1S/C15H21ClN4O2/c1-10(2)6-13(15(21)18-4-5-22-3)20-14-12(16)7-11(8-17)9-19-14/h7,9-10,13H,4-6H2,1-3H3,(H,18,21)(H,19,20)/t13-/m0/s1. The van der Waals surface area contributed by atoms with Gasteiger partial charge < -0.3 is 15.4 Å². The van der Waals surface area contributed by atoms with Crippen LogP contribution in [0.15, 0.2) is 12.3 Å². The topological polar surface area (TPSA) is 87.0 Å². The number of hydrogen-bond acceptors (Lipinski definition) is 5. The van der Waals surface area contributed by atoms with Gasteiger partial charge in [0.1, 0.15) is 17.9 Å². The fourth-order valence-corrected chi connectivity index (χ4v) is 2.09. The molecule has 0 fully saturated rings. The molecule has 0 saturated heterocycles. The minimum Gasteiger partial charge on any atom is -0.383 e. The Bertz CT molecular complexity index is 543. The highest BCUT2D eigenvalue weighted by Crippen LogP contribution is 2.22. The van der Waals surface area contributed by atoms with Crippen molar-refractivity contribution >= 4 is 23.3 Å². The second-order valence-electron chi connectivity index (χ2n) is 5.28. The third-order valence-corrected chi connectivity index (χ3v) is 3.20. The molecule has 0 saturated carbocycles. The number of rotatable bonds is 8. The van der Waals surface area contributed by atoms with Crippen LogP contribution in [-0.4, -0.2) is 37.2 Å². The zero-order chi connectivity index (χ0) is 16.5. The molecule has 1 heterocycles. The van der Waals surface area contributed by atoms with E-state index in [2.05, 4.69) is 15.6 Å². The number of nitrogens with one attached hydrogen (secondary N) is 2. The molecule has 1 atom stereocenters. The summed E-state index contributed by atoms with van der Waals surface area (Å²) in [6, 6.07) is 3.04. The fourth-order valence-electron chi connectivity index (χ4n) is 1.87. The minimum atomic E-state index is -0.449. The summed E-state index contributed by atoms with van der Waals surface area (Å²) in [6.45, 7) is 4.96. The molecule has 0 aromatic carbocycles. The lowest BCUT2D eigenvalue weighted by Gasteiger charge is -2.21. The van der Waals surface area contributed by atoms with Gasteiger partial charge in [-0.1, -0.05) is 25.4 Å². The average molecular weight is 325 g/mol. The van der Waals surface area contributed by atoms with Crippen molar-refractivity contribution in [3.63, 3.8) is 0 Å². The molecular formula is C15H21ClN4O2. The van der Waals surface area contributed by atoms with Crippen molar-refractivity contribution in [1.29, 1.82) is 5.26 Å². The number of anilines is 1. The van der Waals surface area contributed by atoms with E-state index in [0.717, 1.165) is 0 Å². The van der Waals surface area contributed by atoms with Crippen LogP contribution in [0.1, 0.15) is 25.8 Å². The van der Waals surface area contributed by atoms with E-state index in [4.69, 9.17) is 21.6 Å². The van der Waals surface area contributed by atoms with Crippen molar-refractivity contribution in [2.75, 3.05) is 25.6 Å². The maximum Gasteiger partial charge on any atom is 0.242 e. The molecule has 1 aromatic rings. The summed E-state index contributed by atoms with van der Waals surface area (Å²) < 4.78 is 4.92. The van der Waals surface area contributed by atoms with E-state index < -0.39 is 6.04 Å². The number of methoxy groups -OCH3 is 1. The molecule has 6 nitrogen and oxygen atoms in total. The van der Waals surface area contributed by atoms with Crippen LogP contribution < -0.4 is 10.6 Å². The highest BCUT2D eigenvalue weighted by Gasteiger charge is 2.21. The van der Waals surface area contributed by atoms with E-state index in [1.54, 1.807) is 7.11 Å². The van der Waals surface area contributed by atoms with Crippen molar-refractivity contribution in [3.05, 3.63) is 22.8 Å². The molecule has 7 heteroatoms. The molecule has 0 aliphatic heterocycles. The van der Waals surface area contributed by atoms with Crippen LogP contribution in [0, 0.1) is 17.2 Å². The van der Waals surface area contributed by atoms with Gasteiger partial charge in [0.05, 0.1) is 17.2 Å². The number of carbonyl (C=O) groups excluding carboxylic acids is 1. The van der Waals surface area contributed by atoms with Crippen molar-refractivity contribution in [3.8, 4) is 6.07 Å². The number of pyridine rings is 1. The van der Waals surface area contributed by atoms with E-state index in [1.807, 2.05) is 19.9 Å². The summed E-state index contributed by atoms with van der Waals surface area (Å²) in [5, 5.41) is 15.0. The summed E-state index contributed by atoms with van der Waals surface area (Å²) in [5.74, 6) is 0.587. The fraction of sp³-hybridized carbons (Fsp3) is 0.533. The van der Waals surface area contributed by atoms with Crippen LogP contribution in [0.25, 0.3) is 0 Å². The highest BCUT2D eigenvalue weighted by molar-refractivity contribution is 6.33. The van der Waals surface area contributed by atoms with Gasteiger partial charge in [-0.25, -0.2) is 4.98 Å². The predicted molar refractivity (Wildman–Crippen MR) is 85.7 cm³/mol. The Morgan fingerprint density at radius 1 is 1.55 bits per heavy atom. The van der Waals surface area contributed by atoms with E-state index in [1.165, 1.54) is 12.3 Å². The Labute approximate surface area is 135 Å². The van der Waals surface area contributed by atoms with Gasteiger partial charge in [-0.05, 0) is 18.4 Å². The largest absolute Gasteiger partial charge is 0.383 e. The van der Waals surface area contributed by atoms with Gasteiger partial charge in [0.25, 0.3) is 0 Å². The third kappa shape index (κ3) is 5.88. The Morgan fingerprint density at radius 3 is 2.82 bits per heavy atom. The van der Waals surface area contributed by atoms with Gasteiger partial charge in [-0.3, -0.25) is 4.79 Å². The smallest absolute Gasteiger partial charge is 0.242 e. The number of carbonyl (C=O) groups is 1. The summed E-state index contributed by atoms with van der Waals surface area (Å²) in [5.41, 5.74) is 0.375. The molecule has 0 aliphatic carbocycles. The molecule has 0 unspecified atom stereocenters. The Hall–Kier alpha value is -1.84. The number of nitriles is 1. The third-order valence-electron chi connectivity index (χ3n) is 2.91. The Kier molecular flexibility index (Phi) is 7.64. The average Bonchev–Trinajstić information content (AvgIpc) is 2.48. The summed E-state index contributed by atoms with van der Waals surface area (Å²) in [6.07, 6.45) is 2.06. The predicted octanol–water partition coefficient (Wildman–Crippen LogP) is 2.20. The molecule has 1 rings (SSSR count). The normalized spacial score (nSPS) is 11.8. The summed E-state index contributed by atoms with van der Waals surface area (Å²) in [7, 11) is 1.58. The molecule has 1 aromatic heterocycles. The highest BCUT2D eigenvalue weighted by atomic mass is 35.5. The first-order valence-electron chi connectivity index (χ1n) is 7.06. The number of amides is 1. The molecule has 0 aliphatic rings. The zero-order valence-electron chi connectivity index (χ0n) is 13.0. The van der Waals surface area contributed by atoms with Crippen LogP contribution in [0.5, 0.6) is 0 Å². The maximum absolute atomic E-state index is 12.2. The molecular weight excluding hydrogens is 304 g/mol. The SMILES string of the molecule is COCCNC(=O)[C@H](CC(C)C)Nc1ncc(C#N)cc1Cl. The lowest BCUT2D eigenvalue weighted by Crippen LogP contribution is -2.42. The van der Waals surface area contributed by atoms with Crippen LogP contribution in [-0.2, 0) is 9.53 Å². The van der Waals surface area contributed by atoms with Crippen molar-refractivity contribution < 1.29 is 9.53 Å². The number of aromatic nitrogens is 1. The van der Waals surface area contributed by atoms with Crippen LogP contribution in [0.2, 0.25) is 5.02 Å². The minimum absolute atomic E-state index is 0.132. The molecule has 0 spiro atoms. The first-order valence-corrected chi connectivity index (χ1v) is 7.44. The van der Waals surface area contributed by atoms with Crippen LogP contribution >= 0.6 is 11.6 Å². The van der Waals surface area contributed by atoms with Gasteiger partial charge in [-0.2, -0.15) is 5.26 Å². The lowest BCUT2D eigenvalue weighted by molar-refractivity contribution is -0.122. The number of hydrogen-bond donors (Lipinski definition) is 2. The summed E-state index contributed by atoms with van der Waals surface area (Å²) >= 11 is 6.09. The lowest BCUT2D eigenvalue weighted by atomic mass is 10.0.